The SMILES string of the molecule is c1ccc(-c2ccc(-c3ccc(N(c4ccc(-c5cccc(-c6ccc7ccccc7c6)c5)cc4)c4ccccc4-c4ccc(-c5ccccc5)cc4)cc3)cc2)cc1. The standard InChI is InChI=1S/C58H41N/c1-3-12-42(13-4-1)45-22-24-47(25-23-45)48-32-36-55(37-33-48)59(58-21-10-9-20-57(58)50-29-26-46(27-30-50)43-14-5-2-6-15-43)56-38-34-49(35-39-56)52-18-11-19-53(40-52)54-31-28-44-16-7-8-17-51(44)41-54/h1-41H. The lowest BCUT2D eigenvalue weighted by Gasteiger charge is -2.28. The molecule has 10 rings (SSSR count). The van der Waals surface area contributed by atoms with E-state index in [1.54, 1.807) is 0 Å². The molecule has 0 spiro atoms. The second-order valence-corrected chi connectivity index (χ2v) is 15.0. The largest absolute Gasteiger partial charge is 0.310 e. The van der Waals surface area contributed by atoms with Gasteiger partial charge >= 0.3 is 0 Å². The van der Waals surface area contributed by atoms with Crippen molar-refractivity contribution in [3.63, 3.8) is 0 Å². The molecule has 10 aromatic carbocycles. The number of nitrogens with zero attached hydrogens (tertiary/aromatic N) is 1. The maximum Gasteiger partial charge on any atom is 0.0540 e. The molecule has 10 aromatic rings. The van der Waals surface area contributed by atoms with E-state index in [1.165, 1.54) is 77.5 Å². The van der Waals surface area contributed by atoms with Gasteiger partial charge in [-0.05, 0) is 114 Å². The number of fused-ring (bicyclic) bond motifs is 1. The summed E-state index contributed by atoms with van der Waals surface area (Å²) in [5.41, 5.74) is 17.7. The van der Waals surface area contributed by atoms with E-state index in [1.807, 2.05) is 0 Å². The van der Waals surface area contributed by atoms with Crippen LogP contribution in [0, 0.1) is 0 Å². The molecule has 0 aliphatic rings. The highest BCUT2D eigenvalue weighted by Crippen LogP contribution is 2.42. The second-order valence-electron chi connectivity index (χ2n) is 15.0. The summed E-state index contributed by atoms with van der Waals surface area (Å²) in [6.07, 6.45) is 0. The van der Waals surface area contributed by atoms with Gasteiger partial charge in [-0.3, -0.25) is 0 Å². The average Bonchev–Trinajstić information content (AvgIpc) is 3.33. The molecule has 59 heavy (non-hydrogen) atoms. The monoisotopic (exact) mass is 751 g/mol. The zero-order chi connectivity index (χ0) is 39.4. The molecule has 0 heterocycles. The minimum atomic E-state index is 1.09. The fraction of sp³-hybridized carbons (Fsp3) is 0. The lowest BCUT2D eigenvalue weighted by atomic mass is 9.96. The van der Waals surface area contributed by atoms with E-state index in [-0.39, 0.29) is 0 Å². The number of rotatable bonds is 9. The highest BCUT2D eigenvalue weighted by molar-refractivity contribution is 5.91. The van der Waals surface area contributed by atoms with E-state index >= 15 is 0 Å². The van der Waals surface area contributed by atoms with Gasteiger partial charge < -0.3 is 4.90 Å². The van der Waals surface area contributed by atoms with Gasteiger partial charge in [-0.2, -0.15) is 0 Å². The predicted octanol–water partition coefficient (Wildman–Crippen LogP) is 16.3. The molecule has 278 valence electrons. The molecule has 0 amide bonds. The van der Waals surface area contributed by atoms with E-state index in [0.29, 0.717) is 0 Å². The summed E-state index contributed by atoms with van der Waals surface area (Å²) >= 11 is 0. The lowest BCUT2D eigenvalue weighted by molar-refractivity contribution is 1.28. The van der Waals surface area contributed by atoms with E-state index in [4.69, 9.17) is 0 Å². The van der Waals surface area contributed by atoms with E-state index in [0.717, 1.165) is 17.1 Å². The van der Waals surface area contributed by atoms with Crippen molar-refractivity contribution in [3.05, 3.63) is 249 Å². The summed E-state index contributed by atoms with van der Waals surface area (Å²) in [4.78, 5) is 2.39. The van der Waals surface area contributed by atoms with Crippen molar-refractivity contribution in [2.24, 2.45) is 0 Å². The van der Waals surface area contributed by atoms with Crippen molar-refractivity contribution < 1.29 is 0 Å². The average molecular weight is 752 g/mol. The summed E-state index contributed by atoms with van der Waals surface area (Å²) in [5.74, 6) is 0. The number of para-hydroxylation sites is 1. The first-order valence-corrected chi connectivity index (χ1v) is 20.2. The van der Waals surface area contributed by atoms with E-state index < -0.39 is 0 Å². The Morgan fingerprint density at radius 3 is 1.12 bits per heavy atom. The van der Waals surface area contributed by atoms with Crippen molar-refractivity contribution in [2.45, 2.75) is 0 Å². The van der Waals surface area contributed by atoms with Crippen molar-refractivity contribution in [2.75, 3.05) is 4.90 Å². The molecule has 0 saturated heterocycles. The van der Waals surface area contributed by atoms with Crippen LogP contribution in [0.25, 0.3) is 77.5 Å². The Balaban J connectivity index is 1.01. The quantitative estimate of drug-likeness (QED) is 0.142. The first-order valence-electron chi connectivity index (χ1n) is 20.2. The molecular weight excluding hydrogens is 711 g/mol. The van der Waals surface area contributed by atoms with Gasteiger partial charge in [0.2, 0.25) is 0 Å². The molecule has 0 fully saturated rings. The fourth-order valence-electron chi connectivity index (χ4n) is 8.15. The zero-order valence-corrected chi connectivity index (χ0v) is 32.6. The molecule has 0 aromatic heterocycles. The zero-order valence-electron chi connectivity index (χ0n) is 32.6. The number of hydrogen-bond acceptors (Lipinski definition) is 1. The molecular formula is C58H41N. The third-order valence-electron chi connectivity index (χ3n) is 11.3. The topological polar surface area (TPSA) is 3.24 Å². The first kappa shape index (κ1) is 35.7. The summed E-state index contributed by atoms with van der Waals surface area (Å²) in [6.45, 7) is 0. The van der Waals surface area contributed by atoms with Crippen LogP contribution in [-0.4, -0.2) is 0 Å². The van der Waals surface area contributed by atoms with Crippen LogP contribution in [0.1, 0.15) is 0 Å². The summed E-state index contributed by atoms with van der Waals surface area (Å²) in [5, 5.41) is 2.51. The highest BCUT2D eigenvalue weighted by Gasteiger charge is 2.18. The summed E-state index contributed by atoms with van der Waals surface area (Å²) < 4.78 is 0. The van der Waals surface area contributed by atoms with Crippen LogP contribution in [0.4, 0.5) is 17.1 Å². The lowest BCUT2D eigenvalue weighted by Crippen LogP contribution is -2.11. The Labute approximate surface area is 346 Å². The van der Waals surface area contributed by atoms with Crippen LogP contribution in [-0.2, 0) is 0 Å². The van der Waals surface area contributed by atoms with Crippen molar-refractivity contribution >= 4 is 27.8 Å². The Hall–Kier alpha value is -7.74. The van der Waals surface area contributed by atoms with E-state index in [2.05, 4.69) is 254 Å². The minimum Gasteiger partial charge on any atom is -0.310 e. The predicted molar refractivity (Wildman–Crippen MR) is 251 cm³/mol. The van der Waals surface area contributed by atoms with Gasteiger partial charge in [0.1, 0.15) is 0 Å². The Bertz CT molecular complexity index is 2980. The summed E-state index contributed by atoms with van der Waals surface area (Å²) in [7, 11) is 0. The van der Waals surface area contributed by atoms with Gasteiger partial charge in [-0.1, -0.05) is 206 Å². The van der Waals surface area contributed by atoms with Crippen LogP contribution in [0.15, 0.2) is 249 Å². The normalized spacial score (nSPS) is 11.1. The highest BCUT2D eigenvalue weighted by atomic mass is 15.1. The molecule has 0 radical (unpaired) electrons. The number of hydrogen-bond donors (Lipinski definition) is 0. The third-order valence-corrected chi connectivity index (χ3v) is 11.3. The summed E-state index contributed by atoms with van der Waals surface area (Å²) in [6, 6.07) is 89.8. The van der Waals surface area contributed by atoms with Gasteiger partial charge in [0, 0.05) is 16.9 Å². The van der Waals surface area contributed by atoms with Crippen LogP contribution >= 0.6 is 0 Å². The smallest absolute Gasteiger partial charge is 0.0540 e. The molecule has 1 heteroatoms. The van der Waals surface area contributed by atoms with E-state index in [9.17, 15) is 0 Å². The minimum absolute atomic E-state index is 1.09. The Morgan fingerprint density at radius 1 is 0.203 bits per heavy atom. The molecule has 0 aliphatic heterocycles. The molecule has 0 atom stereocenters. The van der Waals surface area contributed by atoms with Crippen molar-refractivity contribution in [3.8, 4) is 66.8 Å². The van der Waals surface area contributed by atoms with Crippen LogP contribution in [0.3, 0.4) is 0 Å². The van der Waals surface area contributed by atoms with Gasteiger partial charge in [0.15, 0.2) is 0 Å². The first-order chi connectivity index (χ1) is 29.2. The van der Waals surface area contributed by atoms with Crippen LogP contribution < -0.4 is 4.90 Å². The second kappa shape index (κ2) is 16.0. The number of benzene rings is 10. The van der Waals surface area contributed by atoms with Crippen molar-refractivity contribution in [1.29, 1.82) is 0 Å². The third kappa shape index (κ3) is 7.46. The fourth-order valence-corrected chi connectivity index (χ4v) is 8.15. The van der Waals surface area contributed by atoms with Gasteiger partial charge in [-0.15, -0.1) is 0 Å². The molecule has 0 aliphatic carbocycles. The molecule has 0 saturated carbocycles. The maximum absolute atomic E-state index is 2.39. The Morgan fingerprint density at radius 2 is 0.559 bits per heavy atom. The molecule has 0 bridgehead atoms. The van der Waals surface area contributed by atoms with Crippen molar-refractivity contribution in [1.82, 2.24) is 0 Å². The van der Waals surface area contributed by atoms with Crippen LogP contribution in [0.2, 0.25) is 0 Å². The molecule has 0 unspecified atom stereocenters. The maximum atomic E-state index is 2.39. The van der Waals surface area contributed by atoms with Crippen LogP contribution in [0.5, 0.6) is 0 Å². The Kier molecular flexibility index (Phi) is 9.68. The van der Waals surface area contributed by atoms with Gasteiger partial charge in [0.05, 0.1) is 5.69 Å². The van der Waals surface area contributed by atoms with Gasteiger partial charge in [-0.25, -0.2) is 0 Å². The van der Waals surface area contributed by atoms with Gasteiger partial charge in [0.25, 0.3) is 0 Å². The molecule has 0 N–H and O–H groups in total. The molecule has 1 nitrogen and oxygen atoms in total. The number of anilines is 3.